The second-order valence-corrected chi connectivity index (χ2v) is 6.22. The van der Waals surface area contributed by atoms with Crippen molar-refractivity contribution in [3.05, 3.63) is 29.6 Å². The van der Waals surface area contributed by atoms with Crippen LogP contribution in [0, 0.1) is 11.7 Å². The Morgan fingerprint density at radius 3 is 2.58 bits per heavy atom. The van der Waals surface area contributed by atoms with Gasteiger partial charge in [-0.05, 0) is 37.0 Å². The van der Waals surface area contributed by atoms with Crippen LogP contribution in [0.25, 0.3) is 0 Å². The van der Waals surface area contributed by atoms with Crippen LogP contribution in [-0.4, -0.2) is 25.5 Å². The smallest absolute Gasteiger partial charge is 0.319 e. The molecule has 0 amide bonds. The van der Waals surface area contributed by atoms with Gasteiger partial charge in [-0.3, -0.25) is 4.79 Å². The molecular weight excluding hydrogens is 311 g/mol. The van der Waals surface area contributed by atoms with Gasteiger partial charge in [-0.2, -0.15) is 0 Å². The summed E-state index contributed by atoms with van der Waals surface area (Å²) in [4.78, 5) is 12.1. The van der Waals surface area contributed by atoms with E-state index in [9.17, 15) is 9.18 Å². The molecule has 2 rings (SSSR count). The third-order valence-corrected chi connectivity index (χ3v) is 4.09. The molecule has 1 aromatic carbocycles. The highest BCUT2D eigenvalue weighted by Gasteiger charge is 2.29. The van der Waals surface area contributed by atoms with Crippen LogP contribution in [0.4, 0.5) is 4.39 Å². The summed E-state index contributed by atoms with van der Waals surface area (Å²) in [6.45, 7) is 4.68. The van der Waals surface area contributed by atoms with E-state index in [0.29, 0.717) is 0 Å². The molecule has 0 saturated carbocycles. The topological polar surface area (TPSA) is 44.8 Å². The first-order chi connectivity index (χ1) is 11.6. The van der Waals surface area contributed by atoms with Crippen LogP contribution in [0.1, 0.15) is 51.5 Å². The minimum absolute atomic E-state index is 0.0371. The van der Waals surface area contributed by atoms with Gasteiger partial charge in [0.05, 0.1) is 13.2 Å². The molecule has 0 atom stereocenters. The average molecular weight is 338 g/mol. The monoisotopic (exact) mass is 338 g/mol. The number of hydrogen-bond acceptors (Lipinski definition) is 4. The predicted octanol–water partition coefficient (Wildman–Crippen LogP) is 4.25. The predicted molar refractivity (Wildman–Crippen MR) is 89.4 cm³/mol. The molecule has 24 heavy (non-hydrogen) atoms. The van der Waals surface area contributed by atoms with Crippen molar-refractivity contribution in [2.24, 2.45) is 5.92 Å². The van der Waals surface area contributed by atoms with Crippen LogP contribution >= 0.6 is 0 Å². The normalized spacial score (nSPS) is 20.8. The number of rotatable bonds is 8. The Hall–Kier alpha value is -1.46. The zero-order valence-electron chi connectivity index (χ0n) is 14.6. The number of aryl methyl sites for hydroxylation is 1. The molecule has 0 aromatic heterocycles. The van der Waals surface area contributed by atoms with Gasteiger partial charge < -0.3 is 14.2 Å². The van der Waals surface area contributed by atoms with Gasteiger partial charge in [0.1, 0.15) is 5.92 Å². The molecule has 0 radical (unpaired) electrons. The minimum atomic E-state index is -0.512. The number of esters is 1. The van der Waals surface area contributed by atoms with E-state index in [1.807, 2.05) is 6.92 Å². The van der Waals surface area contributed by atoms with Crippen molar-refractivity contribution < 1.29 is 23.4 Å². The van der Waals surface area contributed by atoms with Gasteiger partial charge in [-0.25, -0.2) is 4.39 Å². The van der Waals surface area contributed by atoms with Crippen molar-refractivity contribution >= 4 is 5.97 Å². The number of benzene rings is 1. The van der Waals surface area contributed by atoms with Crippen molar-refractivity contribution in [2.75, 3.05) is 13.2 Å². The largest absolute Gasteiger partial charge is 0.423 e. The first-order valence-electron chi connectivity index (χ1n) is 8.87. The lowest BCUT2D eigenvalue weighted by atomic mass is 10.1. The molecule has 5 heteroatoms. The highest BCUT2D eigenvalue weighted by Crippen LogP contribution is 2.22. The van der Waals surface area contributed by atoms with Crippen LogP contribution in [0.5, 0.6) is 5.75 Å². The van der Waals surface area contributed by atoms with Gasteiger partial charge in [0.15, 0.2) is 17.9 Å². The molecule has 1 fully saturated rings. The summed E-state index contributed by atoms with van der Waals surface area (Å²) in [5.41, 5.74) is 0.897. The molecule has 4 nitrogen and oxygen atoms in total. The standard InChI is InChI=1S/C19H27FO4/c1-3-5-6-8-18-22-12-15(13-23-18)19(21)24-17-10-9-14(7-4-2)11-16(17)20/h9-11,15,18H,3-8,12-13H2,1-2H3. The molecule has 1 heterocycles. The van der Waals surface area contributed by atoms with Gasteiger partial charge in [0, 0.05) is 0 Å². The van der Waals surface area contributed by atoms with E-state index in [2.05, 4.69) is 6.92 Å². The van der Waals surface area contributed by atoms with E-state index in [1.54, 1.807) is 6.07 Å². The molecule has 0 aliphatic carbocycles. The lowest BCUT2D eigenvalue weighted by molar-refractivity contribution is -0.208. The Balaban J connectivity index is 1.81. The highest BCUT2D eigenvalue weighted by atomic mass is 19.1. The summed E-state index contributed by atoms with van der Waals surface area (Å²) in [7, 11) is 0. The molecule has 1 aliphatic rings. The molecular formula is C19H27FO4. The number of hydrogen-bond donors (Lipinski definition) is 0. The van der Waals surface area contributed by atoms with Crippen molar-refractivity contribution in [3.8, 4) is 5.75 Å². The number of carbonyl (C=O) groups excluding carboxylic acids is 1. The molecule has 0 N–H and O–H groups in total. The third-order valence-electron chi connectivity index (χ3n) is 4.09. The van der Waals surface area contributed by atoms with E-state index in [4.69, 9.17) is 14.2 Å². The van der Waals surface area contributed by atoms with Gasteiger partial charge >= 0.3 is 5.97 Å². The van der Waals surface area contributed by atoms with E-state index in [0.717, 1.165) is 44.1 Å². The SMILES string of the molecule is CCCCCC1OCC(C(=O)Oc2ccc(CCC)cc2F)CO1. The maximum Gasteiger partial charge on any atom is 0.319 e. The van der Waals surface area contributed by atoms with Crippen molar-refractivity contribution in [2.45, 2.75) is 58.7 Å². The van der Waals surface area contributed by atoms with Gasteiger partial charge in [-0.1, -0.05) is 39.2 Å². The number of halogens is 1. The summed E-state index contributed by atoms with van der Waals surface area (Å²) in [5, 5.41) is 0. The van der Waals surface area contributed by atoms with Crippen LogP contribution in [0.15, 0.2) is 18.2 Å². The number of ether oxygens (including phenoxy) is 3. The zero-order chi connectivity index (χ0) is 17.4. The Kier molecular flexibility index (Phi) is 7.66. The lowest BCUT2D eigenvalue weighted by Crippen LogP contribution is -2.38. The van der Waals surface area contributed by atoms with Gasteiger partial charge in [0.2, 0.25) is 0 Å². The van der Waals surface area contributed by atoms with Crippen LogP contribution in [0.3, 0.4) is 0 Å². The Morgan fingerprint density at radius 2 is 1.96 bits per heavy atom. The number of carbonyl (C=O) groups is 1. The Morgan fingerprint density at radius 1 is 1.21 bits per heavy atom. The average Bonchev–Trinajstić information content (AvgIpc) is 2.58. The van der Waals surface area contributed by atoms with E-state index >= 15 is 0 Å². The maximum absolute atomic E-state index is 14.0. The summed E-state index contributed by atoms with van der Waals surface area (Å²) in [5.74, 6) is -1.57. The number of unbranched alkanes of at least 4 members (excludes halogenated alkanes) is 2. The van der Waals surface area contributed by atoms with Gasteiger partial charge in [0.25, 0.3) is 0 Å². The van der Waals surface area contributed by atoms with Crippen LogP contribution < -0.4 is 4.74 Å². The summed E-state index contributed by atoms with van der Waals surface area (Å²) < 4.78 is 30.3. The van der Waals surface area contributed by atoms with Crippen molar-refractivity contribution in [1.82, 2.24) is 0 Å². The fourth-order valence-electron chi connectivity index (χ4n) is 2.67. The molecule has 1 aromatic rings. The molecule has 0 unspecified atom stereocenters. The fourth-order valence-corrected chi connectivity index (χ4v) is 2.67. The van der Waals surface area contributed by atoms with Crippen molar-refractivity contribution in [1.29, 1.82) is 0 Å². The first kappa shape index (κ1) is 18.9. The van der Waals surface area contributed by atoms with Crippen LogP contribution in [0.2, 0.25) is 0 Å². The Labute approximate surface area is 143 Å². The van der Waals surface area contributed by atoms with Crippen LogP contribution in [-0.2, 0) is 20.7 Å². The maximum atomic E-state index is 14.0. The Bertz CT molecular complexity index is 524. The summed E-state index contributed by atoms with van der Waals surface area (Å²) in [6, 6.07) is 4.72. The quantitative estimate of drug-likeness (QED) is 0.404. The molecule has 0 bridgehead atoms. The zero-order valence-corrected chi connectivity index (χ0v) is 14.6. The first-order valence-corrected chi connectivity index (χ1v) is 8.87. The second-order valence-electron chi connectivity index (χ2n) is 6.22. The van der Waals surface area contributed by atoms with E-state index < -0.39 is 17.7 Å². The minimum Gasteiger partial charge on any atom is -0.423 e. The second kappa shape index (κ2) is 9.74. The molecule has 1 aliphatic heterocycles. The highest BCUT2D eigenvalue weighted by molar-refractivity contribution is 5.75. The summed E-state index contributed by atoms with van der Waals surface area (Å²) >= 11 is 0. The summed E-state index contributed by atoms with van der Waals surface area (Å²) in [6.07, 6.45) is 5.66. The third kappa shape index (κ3) is 5.56. The van der Waals surface area contributed by atoms with E-state index in [1.165, 1.54) is 12.1 Å². The lowest BCUT2D eigenvalue weighted by Gasteiger charge is -2.28. The van der Waals surface area contributed by atoms with Crippen molar-refractivity contribution in [3.63, 3.8) is 0 Å². The molecule has 0 spiro atoms. The van der Waals surface area contributed by atoms with E-state index in [-0.39, 0.29) is 25.3 Å². The fraction of sp³-hybridized carbons (Fsp3) is 0.632. The van der Waals surface area contributed by atoms with Gasteiger partial charge in [-0.15, -0.1) is 0 Å². The molecule has 1 saturated heterocycles. The molecule has 134 valence electrons.